The number of ether oxygens (including phenoxy) is 1. The predicted octanol–water partition coefficient (Wildman–Crippen LogP) is 4.18. The Morgan fingerprint density at radius 1 is 1.19 bits per heavy atom. The molecule has 0 bridgehead atoms. The second-order valence-electron chi connectivity index (χ2n) is 7.26. The fourth-order valence-electron chi connectivity index (χ4n) is 3.36. The molecule has 2 amide bonds. The minimum Gasteiger partial charge on any atom is -0.497 e. The smallest absolute Gasteiger partial charge is 0.317 e. The van der Waals surface area contributed by atoms with Crippen molar-refractivity contribution in [3.05, 3.63) is 58.3 Å². The van der Waals surface area contributed by atoms with E-state index in [-0.39, 0.29) is 28.0 Å². The van der Waals surface area contributed by atoms with E-state index >= 15 is 0 Å². The van der Waals surface area contributed by atoms with Gasteiger partial charge in [0, 0.05) is 31.2 Å². The maximum atomic E-state index is 13.3. The van der Waals surface area contributed by atoms with Crippen LogP contribution >= 0.6 is 15.9 Å². The fourth-order valence-corrected chi connectivity index (χ4v) is 3.74. The number of likely N-dealkylation sites (tertiary alicyclic amines) is 1. The van der Waals surface area contributed by atoms with E-state index in [2.05, 4.69) is 26.6 Å². The van der Waals surface area contributed by atoms with Crippen LogP contribution in [0.1, 0.15) is 18.4 Å². The molecule has 1 heterocycles. The largest absolute Gasteiger partial charge is 0.497 e. The number of carbonyl (C=O) groups excluding carboxylic acids is 2. The molecule has 31 heavy (non-hydrogen) atoms. The first-order valence-electron chi connectivity index (χ1n) is 9.88. The molecule has 0 unspecified atom stereocenters. The number of piperidine rings is 1. The Hall–Kier alpha value is -2.94. The number of methoxy groups -OCH3 is 1. The number of rotatable bonds is 6. The average Bonchev–Trinajstić information content (AvgIpc) is 2.79. The molecule has 1 fully saturated rings. The molecule has 164 valence electrons. The molecule has 9 heteroatoms. The van der Waals surface area contributed by atoms with Gasteiger partial charge in [0.2, 0.25) is 5.78 Å². The first-order valence-corrected chi connectivity index (χ1v) is 10.7. The lowest BCUT2D eigenvalue weighted by atomic mass is 9.92. The number of benzene rings is 2. The van der Waals surface area contributed by atoms with Crippen molar-refractivity contribution in [2.24, 2.45) is 5.92 Å². The molecular weight excluding hydrogens is 467 g/mol. The highest BCUT2D eigenvalue weighted by Gasteiger charge is 2.29. The van der Waals surface area contributed by atoms with Crippen molar-refractivity contribution in [1.29, 1.82) is 5.41 Å². The summed E-state index contributed by atoms with van der Waals surface area (Å²) >= 11 is 3.08. The molecule has 1 saturated heterocycles. The molecule has 0 aliphatic carbocycles. The van der Waals surface area contributed by atoms with Crippen LogP contribution in [0.5, 0.6) is 5.75 Å². The molecule has 3 rings (SSSR count). The number of halogens is 2. The minimum atomic E-state index is -0.416. The molecule has 3 N–H and O–H groups in total. The number of ketones is 1. The highest BCUT2D eigenvalue weighted by molar-refractivity contribution is 9.10. The van der Waals surface area contributed by atoms with Gasteiger partial charge in [-0.1, -0.05) is 12.1 Å². The zero-order valence-corrected chi connectivity index (χ0v) is 18.7. The van der Waals surface area contributed by atoms with Crippen molar-refractivity contribution in [3.63, 3.8) is 0 Å². The second kappa shape index (κ2) is 10.4. The van der Waals surface area contributed by atoms with Crippen LogP contribution in [-0.4, -0.2) is 42.7 Å². The van der Waals surface area contributed by atoms with Gasteiger partial charge in [0.05, 0.1) is 11.6 Å². The van der Waals surface area contributed by atoms with Gasteiger partial charge in [-0.15, -0.1) is 0 Å². The number of amides is 2. The lowest BCUT2D eigenvalue weighted by Crippen LogP contribution is -2.46. The van der Waals surface area contributed by atoms with Gasteiger partial charge >= 0.3 is 6.03 Å². The van der Waals surface area contributed by atoms with E-state index in [9.17, 15) is 14.0 Å². The fraction of sp³-hybridized carbons (Fsp3) is 0.318. The second-order valence-corrected chi connectivity index (χ2v) is 8.12. The summed E-state index contributed by atoms with van der Waals surface area (Å²) in [5, 5.41) is 13.7. The third kappa shape index (κ3) is 6.04. The number of carbonyl (C=O) groups is 2. The normalized spacial score (nSPS) is 14.1. The third-order valence-electron chi connectivity index (χ3n) is 5.19. The van der Waals surface area contributed by atoms with Crippen molar-refractivity contribution in [2.45, 2.75) is 19.4 Å². The van der Waals surface area contributed by atoms with Crippen LogP contribution in [0.4, 0.5) is 14.9 Å². The van der Waals surface area contributed by atoms with Crippen molar-refractivity contribution in [2.75, 3.05) is 25.5 Å². The molecule has 0 aromatic heterocycles. The van der Waals surface area contributed by atoms with Crippen LogP contribution in [0.25, 0.3) is 0 Å². The lowest BCUT2D eigenvalue weighted by Gasteiger charge is -2.31. The Morgan fingerprint density at radius 2 is 1.87 bits per heavy atom. The summed E-state index contributed by atoms with van der Waals surface area (Å²) in [7, 11) is 1.60. The summed E-state index contributed by atoms with van der Waals surface area (Å²) in [6, 6.07) is 11.5. The minimum absolute atomic E-state index is 0.175. The van der Waals surface area contributed by atoms with Crippen molar-refractivity contribution >= 4 is 39.3 Å². The number of anilines is 1. The Morgan fingerprint density at radius 3 is 2.48 bits per heavy atom. The molecule has 7 nitrogen and oxygen atoms in total. The molecule has 0 radical (unpaired) electrons. The summed E-state index contributed by atoms with van der Waals surface area (Å²) < 4.78 is 18.7. The van der Waals surface area contributed by atoms with E-state index in [1.54, 1.807) is 12.0 Å². The topological polar surface area (TPSA) is 94.5 Å². The number of amidine groups is 1. The number of nitrogens with one attached hydrogen (secondary N) is 3. The van der Waals surface area contributed by atoms with Crippen LogP contribution in [0.15, 0.2) is 46.9 Å². The molecule has 0 atom stereocenters. The summed E-state index contributed by atoms with van der Waals surface area (Å²) in [6.45, 7) is 1.30. The van der Waals surface area contributed by atoms with Crippen LogP contribution in [0, 0.1) is 17.1 Å². The summed E-state index contributed by atoms with van der Waals surface area (Å²) in [5.41, 5.74) is 1.42. The van der Waals surface area contributed by atoms with Crippen LogP contribution in [0.2, 0.25) is 0 Å². The van der Waals surface area contributed by atoms with Gasteiger partial charge in [-0.05, 0) is 64.7 Å². The molecule has 1 aliphatic heterocycles. The highest BCUT2D eigenvalue weighted by atomic mass is 79.9. The van der Waals surface area contributed by atoms with Gasteiger partial charge in [0.25, 0.3) is 0 Å². The molecule has 2 aromatic rings. The quantitative estimate of drug-likeness (QED) is 0.418. The Bertz CT molecular complexity index is 960. The highest BCUT2D eigenvalue weighted by Crippen LogP contribution is 2.22. The summed E-state index contributed by atoms with van der Waals surface area (Å²) in [5.74, 6) is -0.524. The predicted molar refractivity (Wildman–Crippen MR) is 120 cm³/mol. The van der Waals surface area contributed by atoms with Crippen LogP contribution < -0.4 is 15.4 Å². The van der Waals surface area contributed by atoms with E-state index in [0.717, 1.165) is 11.3 Å². The monoisotopic (exact) mass is 490 g/mol. The molecule has 0 spiro atoms. The van der Waals surface area contributed by atoms with Crippen LogP contribution in [0.3, 0.4) is 0 Å². The van der Waals surface area contributed by atoms with Gasteiger partial charge in [-0.25, -0.2) is 9.18 Å². The van der Waals surface area contributed by atoms with Crippen molar-refractivity contribution < 1.29 is 18.7 Å². The molecule has 0 saturated carbocycles. The Balaban J connectivity index is 1.45. The maximum absolute atomic E-state index is 13.3. The Labute approximate surface area is 188 Å². The van der Waals surface area contributed by atoms with Gasteiger partial charge < -0.3 is 20.3 Å². The van der Waals surface area contributed by atoms with Crippen molar-refractivity contribution in [1.82, 2.24) is 10.2 Å². The van der Waals surface area contributed by atoms with Gasteiger partial charge in [-0.2, -0.15) is 0 Å². The number of hydrogen-bond acceptors (Lipinski definition) is 4. The SMILES string of the molecule is COc1ccc(CNC(=O)N2CCC(C(=O)C(=N)Nc3ccc(F)c(Br)c3)CC2)cc1. The first-order chi connectivity index (χ1) is 14.9. The lowest BCUT2D eigenvalue weighted by molar-refractivity contribution is -0.117. The number of urea groups is 1. The standard InChI is InChI=1S/C22H24BrFN4O3/c1-31-17-5-2-14(3-6-17)13-26-22(30)28-10-8-15(9-11-28)20(29)21(25)27-16-4-7-19(24)18(23)12-16/h2-7,12,15H,8-11,13H2,1H3,(H2,25,27)(H,26,30). The molecule has 1 aliphatic rings. The van der Waals surface area contributed by atoms with E-state index in [0.29, 0.717) is 38.2 Å². The molecule has 2 aromatic carbocycles. The zero-order chi connectivity index (χ0) is 22.4. The van der Waals surface area contributed by atoms with E-state index < -0.39 is 5.82 Å². The first kappa shape index (κ1) is 22.7. The van der Waals surface area contributed by atoms with E-state index in [1.165, 1.54) is 18.2 Å². The number of Topliss-reactive ketones (excluding diaryl/α,β-unsaturated/α-hetero) is 1. The Kier molecular flexibility index (Phi) is 7.62. The third-order valence-corrected chi connectivity index (χ3v) is 5.80. The number of nitrogens with zero attached hydrogens (tertiary/aromatic N) is 1. The summed E-state index contributed by atoms with van der Waals surface area (Å²) in [4.78, 5) is 26.7. The summed E-state index contributed by atoms with van der Waals surface area (Å²) in [6.07, 6.45) is 0.984. The zero-order valence-electron chi connectivity index (χ0n) is 17.1. The van der Waals surface area contributed by atoms with Gasteiger partial charge in [0.1, 0.15) is 11.6 Å². The van der Waals surface area contributed by atoms with Gasteiger partial charge in [0.15, 0.2) is 5.84 Å². The van der Waals surface area contributed by atoms with E-state index in [4.69, 9.17) is 10.1 Å². The average molecular weight is 491 g/mol. The van der Waals surface area contributed by atoms with Crippen LogP contribution in [-0.2, 0) is 11.3 Å². The maximum Gasteiger partial charge on any atom is 0.317 e. The van der Waals surface area contributed by atoms with E-state index in [1.807, 2.05) is 24.3 Å². The van der Waals surface area contributed by atoms with Gasteiger partial charge in [-0.3, -0.25) is 10.2 Å². The molecular formula is C22H24BrFN4O3. The number of hydrogen-bond donors (Lipinski definition) is 3. The van der Waals surface area contributed by atoms with Crippen molar-refractivity contribution in [3.8, 4) is 5.75 Å².